The minimum absolute atomic E-state index is 0.0174. The number of esters is 1. The third kappa shape index (κ3) is 4.51. The highest BCUT2D eigenvalue weighted by Gasteiger charge is 2.14. The number of carbonyl (C=O) groups is 1. The number of alkyl halides is 1. The summed E-state index contributed by atoms with van der Waals surface area (Å²) in [4.78, 5) is 10.9. The molecule has 0 aromatic heterocycles. The minimum atomic E-state index is -0.271. The Bertz CT molecular complexity index is 151. The normalized spacial score (nSPS) is 20.4. The molecule has 0 spiro atoms. The van der Waals surface area contributed by atoms with Gasteiger partial charge in [-0.3, -0.25) is 4.79 Å². The molecule has 1 aliphatic carbocycles. The number of hydrogen-bond acceptors (Lipinski definition) is 2. The van der Waals surface area contributed by atoms with Crippen LogP contribution < -0.4 is 0 Å². The predicted octanol–water partition coefficient (Wildman–Crippen LogP) is 2.88. The smallest absolute Gasteiger partial charge is 0.321 e. The van der Waals surface area contributed by atoms with Crippen molar-refractivity contribution in [3.8, 4) is 0 Å². The molecule has 0 heterocycles. The van der Waals surface area contributed by atoms with Gasteiger partial charge in [-0.15, -0.1) is 11.6 Å². The summed E-state index contributed by atoms with van der Waals surface area (Å²) in [5, 5.41) is 0. The summed E-state index contributed by atoms with van der Waals surface area (Å²) < 4.78 is 5.21. The number of halogens is 1. The highest BCUT2D eigenvalue weighted by molar-refractivity contribution is 6.26. The van der Waals surface area contributed by atoms with Crippen molar-refractivity contribution >= 4 is 17.6 Å². The van der Waals surface area contributed by atoms with E-state index in [4.69, 9.17) is 16.3 Å². The van der Waals surface area contributed by atoms with Crippen LogP contribution in [0.15, 0.2) is 0 Å². The first-order chi connectivity index (χ1) is 6.33. The molecule has 0 saturated heterocycles. The molecule has 0 aromatic rings. The largest absolute Gasteiger partial charge is 0.461 e. The maximum absolute atomic E-state index is 10.9. The van der Waals surface area contributed by atoms with Crippen LogP contribution in [0, 0.1) is 0 Å². The lowest BCUT2D eigenvalue weighted by Crippen LogP contribution is -2.19. The van der Waals surface area contributed by atoms with Gasteiger partial charge in [0.15, 0.2) is 0 Å². The Kier molecular flexibility index (Phi) is 5.21. The summed E-state index contributed by atoms with van der Waals surface area (Å²) in [6.45, 7) is 0. The molecule has 0 aliphatic heterocycles. The highest BCUT2D eigenvalue weighted by atomic mass is 35.5. The van der Waals surface area contributed by atoms with Crippen LogP contribution in [0.1, 0.15) is 44.9 Å². The van der Waals surface area contributed by atoms with E-state index in [0.717, 1.165) is 12.8 Å². The van der Waals surface area contributed by atoms with E-state index in [0.29, 0.717) is 0 Å². The standard InChI is InChI=1S/C10H17ClO2/c11-8-10(12)13-9-6-4-2-1-3-5-7-9/h9H,1-8H2. The summed E-state index contributed by atoms with van der Waals surface area (Å²) in [5.74, 6) is -0.288. The van der Waals surface area contributed by atoms with E-state index < -0.39 is 0 Å². The lowest BCUT2D eigenvalue weighted by Gasteiger charge is -2.19. The predicted molar refractivity (Wildman–Crippen MR) is 52.9 cm³/mol. The topological polar surface area (TPSA) is 26.3 Å². The Balaban J connectivity index is 2.25. The molecule has 0 unspecified atom stereocenters. The maximum Gasteiger partial charge on any atom is 0.321 e. The first kappa shape index (κ1) is 10.8. The molecule has 0 N–H and O–H groups in total. The molecule has 3 heteroatoms. The molecule has 13 heavy (non-hydrogen) atoms. The number of carbonyl (C=O) groups excluding carboxylic acids is 1. The van der Waals surface area contributed by atoms with Crippen molar-refractivity contribution in [3.05, 3.63) is 0 Å². The van der Waals surface area contributed by atoms with Gasteiger partial charge in [0.1, 0.15) is 12.0 Å². The van der Waals surface area contributed by atoms with Crippen molar-refractivity contribution in [3.63, 3.8) is 0 Å². The maximum atomic E-state index is 10.9. The van der Waals surface area contributed by atoms with Gasteiger partial charge < -0.3 is 4.74 Å². The summed E-state index contributed by atoms with van der Waals surface area (Å²) >= 11 is 5.37. The summed E-state index contributed by atoms with van der Waals surface area (Å²) in [6.07, 6.45) is 8.40. The Hall–Kier alpha value is -0.240. The van der Waals surface area contributed by atoms with Gasteiger partial charge in [0.05, 0.1) is 0 Å². The summed E-state index contributed by atoms with van der Waals surface area (Å²) in [7, 11) is 0. The van der Waals surface area contributed by atoms with Gasteiger partial charge in [-0.1, -0.05) is 19.3 Å². The first-order valence-electron chi connectivity index (χ1n) is 5.08. The second-order valence-corrected chi connectivity index (χ2v) is 3.86. The van der Waals surface area contributed by atoms with E-state index in [9.17, 15) is 4.79 Å². The zero-order valence-electron chi connectivity index (χ0n) is 7.93. The summed E-state index contributed by atoms with van der Waals surface area (Å²) in [5.41, 5.74) is 0. The van der Waals surface area contributed by atoms with Crippen molar-refractivity contribution in [1.82, 2.24) is 0 Å². The number of hydrogen-bond donors (Lipinski definition) is 0. The lowest BCUT2D eigenvalue weighted by molar-refractivity contribution is -0.146. The second-order valence-electron chi connectivity index (χ2n) is 3.59. The number of rotatable bonds is 2. The van der Waals surface area contributed by atoms with E-state index in [-0.39, 0.29) is 18.0 Å². The Morgan fingerprint density at radius 1 is 1.15 bits per heavy atom. The highest BCUT2D eigenvalue weighted by Crippen LogP contribution is 2.19. The Morgan fingerprint density at radius 2 is 1.69 bits per heavy atom. The molecule has 2 nitrogen and oxygen atoms in total. The molecule has 0 atom stereocenters. The molecular formula is C10H17ClO2. The van der Waals surface area contributed by atoms with Gasteiger partial charge in [0.2, 0.25) is 0 Å². The monoisotopic (exact) mass is 204 g/mol. The van der Waals surface area contributed by atoms with Crippen molar-refractivity contribution in [2.24, 2.45) is 0 Å². The van der Waals surface area contributed by atoms with Crippen molar-refractivity contribution in [2.45, 2.75) is 51.0 Å². The quantitative estimate of drug-likeness (QED) is 0.511. The van der Waals surface area contributed by atoms with Crippen LogP contribution in [0.2, 0.25) is 0 Å². The van der Waals surface area contributed by atoms with Crippen LogP contribution in [-0.2, 0) is 9.53 Å². The van der Waals surface area contributed by atoms with Gasteiger partial charge in [-0.2, -0.15) is 0 Å². The van der Waals surface area contributed by atoms with Gasteiger partial charge in [0.25, 0.3) is 0 Å². The fraction of sp³-hybridized carbons (Fsp3) is 0.900. The fourth-order valence-electron chi connectivity index (χ4n) is 1.75. The zero-order chi connectivity index (χ0) is 9.52. The molecule has 1 saturated carbocycles. The molecule has 0 bridgehead atoms. The van der Waals surface area contributed by atoms with Crippen LogP contribution >= 0.6 is 11.6 Å². The van der Waals surface area contributed by atoms with Crippen LogP contribution in [-0.4, -0.2) is 18.0 Å². The third-order valence-electron chi connectivity index (χ3n) is 2.46. The lowest BCUT2D eigenvalue weighted by atomic mass is 9.99. The fourth-order valence-corrected chi connectivity index (χ4v) is 1.82. The van der Waals surface area contributed by atoms with Crippen LogP contribution in [0.25, 0.3) is 0 Å². The Morgan fingerprint density at radius 3 is 2.23 bits per heavy atom. The van der Waals surface area contributed by atoms with Gasteiger partial charge in [-0.05, 0) is 25.7 Å². The average molecular weight is 205 g/mol. The van der Waals surface area contributed by atoms with E-state index in [1.54, 1.807) is 0 Å². The minimum Gasteiger partial charge on any atom is -0.461 e. The van der Waals surface area contributed by atoms with Crippen LogP contribution in [0.4, 0.5) is 0 Å². The van der Waals surface area contributed by atoms with Crippen LogP contribution in [0.5, 0.6) is 0 Å². The molecule has 76 valence electrons. The van der Waals surface area contributed by atoms with Crippen molar-refractivity contribution < 1.29 is 9.53 Å². The molecule has 0 radical (unpaired) electrons. The average Bonchev–Trinajstić information content (AvgIpc) is 2.09. The first-order valence-corrected chi connectivity index (χ1v) is 5.62. The SMILES string of the molecule is O=C(CCl)OC1CCCCCCC1. The summed E-state index contributed by atoms with van der Waals surface area (Å²) in [6, 6.07) is 0. The molecule has 0 aromatic carbocycles. The van der Waals surface area contributed by atoms with E-state index >= 15 is 0 Å². The van der Waals surface area contributed by atoms with E-state index in [2.05, 4.69) is 0 Å². The van der Waals surface area contributed by atoms with Crippen molar-refractivity contribution in [2.75, 3.05) is 5.88 Å². The molecule has 0 amide bonds. The van der Waals surface area contributed by atoms with Gasteiger partial charge in [-0.25, -0.2) is 0 Å². The van der Waals surface area contributed by atoms with E-state index in [1.807, 2.05) is 0 Å². The second kappa shape index (κ2) is 6.25. The Labute approximate surface area is 84.6 Å². The van der Waals surface area contributed by atoms with Gasteiger partial charge >= 0.3 is 5.97 Å². The van der Waals surface area contributed by atoms with E-state index in [1.165, 1.54) is 32.1 Å². The third-order valence-corrected chi connectivity index (χ3v) is 2.68. The molecule has 1 rings (SSSR count). The molecule has 1 aliphatic rings. The van der Waals surface area contributed by atoms with Crippen molar-refractivity contribution in [1.29, 1.82) is 0 Å². The zero-order valence-corrected chi connectivity index (χ0v) is 8.68. The molecule has 1 fully saturated rings. The molecular weight excluding hydrogens is 188 g/mol. The van der Waals surface area contributed by atoms with Crippen LogP contribution in [0.3, 0.4) is 0 Å². The van der Waals surface area contributed by atoms with Gasteiger partial charge in [0, 0.05) is 0 Å². The number of ether oxygens (including phenoxy) is 1.